The van der Waals surface area contributed by atoms with Gasteiger partial charge in [-0.25, -0.2) is 9.78 Å². The molecule has 6 heterocycles. The zero-order valence-corrected chi connectivity index (χ0v) is 27.3. The van der Waals surface area contributed by atoms with Gasteiger partial charge in [0.25, 0.3) is 11.8 Å². The quantitative estimate of drug-likeness (QED) is 0.268. The number of amides is 6. The number of hydrogen-bond donors (Lipinski definition) is 2. The number of benzene rings is 2. The molecule has 49 heavy (non-hydrogen) atoms. The van der Waals surface area contributed by atoms with E-state index in [1.54, 1.807) is 12.1 Å². The number of aromatic amines is 1. The minimum Gasteiger partial charge on any atom is -0.371 e. The third-order valence-electron chi connectivity index (χ3n) is 10.3. The van der Waals surface area contributed by atoms with Crippen molar-refractivity contribution < 1.29 is 24.0 Å². The summed E-state index contributed by atoms with van der Waals surface area (Å²) in [5, 5.41) is 2.23. The number of nitrogens with zero attached hydrogens (tertiary/aromatic N) is 5. The van der Waals surface area contributed by atoms with E-state index >= 15 is 0 Å². The van der Waals surface area contributed by atoms with Crippen LogP contribution in [0.15, 0.2) is 60.8 Å². The molecule has 3 saturated heterocycles. The largest absolute Gasteiger partial charge is 0.371 e. The summed E-state index contributed by atoms with van der Waals surface area (Å²) in [5.41, 5.74) is 7.31. The van der Waals surface area contributed by atoms with Gasteiger partial charge in [-0.15, -0.1) is 0 Å². The fourth-order valence-corrected chi connectivity index (χ4v) is 7.50. The second-order valence-corrected chi connectivity index (χ2v) is 13.3. The van der Waals surface area contributed by atoms with Crippen LogP contribution < -0.4 is 15.1 Å². The lowest BCUT2D eigenvalue weighted by Crippen LogP contribution is -2.54. The van der Waals surface area contributed by atoms with Crippen molar-refractivity contribution >= 4 is 52.1 Å². The molecule has 1 unspecified atom stereocenters. The molecule has 250 valence electrons. The first-order valence-electron chi connectivity index (χ1n) is 17.0. The molecule has 0 aliphatic carbocycles. The number of aryl methyl sites for hydroxylation is 1. The molecular formula is C37H37N7O5. The number of nitrogens with one attached hydrogen (secondary N) is 2. The highest BCUT2D eigenvalue weighted by atomic mass is 16.2. The first kappa shape index (κ1) is 30.8. The number of rotatable bonds is 8. The lowest BCUT2D eigenvalue weighted by atomic mass is 9.94. The number of anilines is 2. The molecule has 0 radical (unpaired) electrons. The molecule has 0 bridgehead atoms. The Bertz CT molecular complexity index is 2030. The van der Waals surface area contributed by atoms with Crippen LogP contribution in [0.4, 0.5) is 16.2 Å². The number of pyridine rings is 1. The summed E-state index contributed by atoms with van der Waals surface area (Å²) in [7, 11) is 0. The van der Waals surface area contributed by atoms with Crippen LogP contribution >= 0.6 is 0 Å². The van der Waals surface area contributed by atoms with Crippen molar-refractivity contribution in [2.24, 2.45) is 5.92 Å². The highest BCUT2D eigenvalue weighted by molar-refractivity contribution is 6.23. The Morgan fingerprint density at radius 1 is 0.898 bits per heavy atom. The van der Waals surface area contributed by atoms with Crippen molar-refractivity contribution in [3.63, 3.8) is 0 Å². The van der Waals surface area contributed by atoms with Gasteiger partial charge in [-0.05, 0) is 79.6 Å². The summed E-state index contributed by atoms with van der Waals surface area (Å²) in [4.78, 5) is 79.1. The Balaban J connectivity index is 0.881. The summed E-state index contributed by atoms with van der Waals surface area (Å²) in [5.74, 6) is -1.64. The average molecular weight is 660 g/mol. The van der Waals surface area contributed by atoms with Crippen molar-refractivity contribution in [1.29, 1.82) is 0 Å². The number of piperidine rings is 1. The fraction of sp³-hybridized carbons (Fsp3) is 0.351. The predicted molar refractivity (Wildman–Crippen MR) is 183 cm³/mol. The van der Waals surface area contributed by atoms with E-state index in [-0.39, 0.29) is 30.0 Å². The third-order valence-corrected chi connectivity index (χ3v) is 10.3. The maximum absolute atomic E-state index is 13.7. The normalized spacial score (nSPS) is 19.9. The van der Waals surface area contributed by atoms with Crippen LogP contribution in [0.5, 0.6) is 0 Å². The standard InChI is InChI=1S/C37H37N7O5/c1-2-23-19-38-30-10-9-29(39-33(23)30)24-5-3-6-26(17-24)43-15-4-14-41(37(43)49)16-13-22-20-42(21-22)25-7-8-27-28(18-25)36(48)44(35(27)47)31-11-12-32(45)40-34(31)46/h3,5-10,17-19,22,31,38H,2,4,11-16,20-21H2,1H3,(H,40,45,46). The molecule has 4 aliphatic rings. The SMILES string of the molecule is CCc1c[nH]c2ccc(-c3cccc(N4CCCN(CCC5CN(c6ccc7c(c6)C(=O)N(C6CCC(=O)NC6=O)C7=O)C5)C4=O)c3)nc12. The number of carbonyl (C=O) groups excluding carboxylic acids is 5. The van der Waals surface area contributed by atoms with Crippen molar-refractivity contribution in [3.05, 3.63) is 77.5 Å². The molecule has 0 spiro atoms. The van der Waals surface area contributed by atoms with Crippen molar-refractivity contribution in [2.45, 2.75) is 45.1 Å². The summed E-state index contributed by atoms with van der Waals surface area (Å²) in [6.45, 7) is 5.74. The molecule has 3 fully saturated rings. The van der Waals surface area contributed by atoms with E-state index in [2.05, 4.69) is 34.3 Å². The van der Waals surface area contributed by atoms with Crippen molar-refractivity contribution in [2.75, 3.05) is 42.5 Å². The molecule has 4 aromatic rings. The van der Waals surface area contributed by atoms with E-state index < -0.39 is 29.7 Å². The molecule has 8 rings (SSSR count). The number of aromatic nitrogens is 2. The van der Waals surface area contributed by atoms with Gasteiger partial charge in [-0.1, -0.05) is 19.1 Å². The predicted octanol–water partition coefficient (Wildman–Crippen LogP) is 4.35. The number of H-pyrrole nitrogens is 1. The summed E-state index contributed by atoms with van der Waals surface area (Å²) in [6.07, 6.45) is 4.88. The van der Waals surface area contributed by atoms with Crippen LogP contribution in [0.3, 0.4) is 0 Å². The molecule has 12 heteroatoms. The summed E-state index contributed by atoms with van der Waals surface area (Å²) in [6, 6.07) is 16.4. The van der Waals surface area contributed by atoms with Gasteiger partial charge in [0.05, 0.1) is 27.9 Å². The lowest BCUT2D eigenvalue weighted by molar-refractivity contribution is -0.136. The smallest absolute Gasteiger partial charge is 0.324 e. The number of fused-ring (bicyclic) bond motifs is 2. The van der Waals surface area contributed by atoms with Gasteiger partial charge in [0.1, 0.15) is 6.04 Å². The van der Waals surface area contributed by atoms with Gasteiger partial charge < -0.3 is 14.8 Å². The minimum atomic E-state index is -0.981. The van der Waals surface area contributed by atoms with Crippen LogP contribution in [0, 0.1) is 5.92 Å². The highest BCUT2D eigenvalue weighted by Crippen LogP contribution is 2.34. The first-order chi connectivity index (χ1) is 23.8. The van der Waals surface area contributed by atoms with Crippen molar-refractivity contribution in [1.82, 2.24) is 25.1 Å². The van der Waals surface area contributed by atoms with E-state index in [0.717, 1.165) is 77.5 Å². The summed E-state index contributed by atoms with van der Waals surface area (Å²) < 4.78 is 0. The number of hydrogen-bond acceptors (Lipinski definition) is 7. The van der Waals surface area contributed by atoms with Gasteiger partial charge in [0.2, 0.25) is 11.8 Å². The van der Waals surface area contributed by atoms with Gasteiger partial charge >= 0.3 is 6.03 Å². The van der Waals surface area contributed by atoms with E-state index in [4.69, 9.17) is 4.98 Å². The van der Waals surface area contributed by atoms with Crippen LogP contribution in [0.25, 0.3) is 22.3 Å². The molecule has 1 atom stereocenters. The number of carbonyl (C=O) groups is 5. The summed E-state index contributed by atoms with van der Waals surface area (Å²) >= 11 is 0. The molecule has 0 saturated carbocycles. The molecule has 12 nitrogen and oxygen atoms in total. The molecule has 4 aliphatic heterocycles. The van der Waals surface area contributed by atoms with Crippen molar-refractivity contribution in [3.8, 4) is 11.3 Å². The number of urea groups is 1. The van der Waals surface area contributed by atoms with Crippen LogP contribution in [-0.2, 0) is 16.0 Å². The van der Waals surface area contributed by atoms with Crippen LogP contribution in [0.2, 0.25) is 0 Å². The fourth-order valence-electron chi connectivity index (χ4n) is 7.50. The van der Waals surface area contributed by atoms with Gasteiger partial charge in [0, 0.05) is 62.3 Å². The van der Waals surface area contributed by atoms with Gasteiger partial charge in [0.15, 0.2) is 0 Å². The first-order valence-corrected chi connectivity index (χ1v) is 17.0. The van der Waals surface area contributed by atoms with Gasteiger partial charge in [-0.3, -0.25) is 34.3 Å². The highest BCUT2D eigenvalue weighted by Gasteiger charge is 2.45. The third kappa shape index (κ3) is 5.41. The lowest BCUT2D eigenvalue weighted by Gasteiger charge is -2.43. The zero-order valence-electron chi connectivity index (χ0n) is 27.3. The molecule has 2 N–H and O–H groups in total. The monoisotopic (exact) mass is 659 g/mol. The topological polar surface area (TPSA) is 139 Å². The molecule has 6 amide bonds. The van der Waals surface area contributed by atoms with Crippen LogP contribution in [-0.4, -0.2) is 88.2 Å². The van der Waals surface area contributed by atoms with Crippen LogP contribution in [0.1, 0.15) is 58.9 Å². The Morgan fingerprint density at radius 3 is 2.55 bits per heavy atom. The van der Waals surface area contributed by atoms with E-state index in [9.17, 15) is 24.0 Å². The Morgan fingerprint density at radius 2 is 1.73 bits per heavy atom. The molecule has 2 aromatic carbocycles. The zero-order chi connectivity index (χ0) is 33.8. The molecular weight excluding hydrogens is 622 g/mol. The average Bonchev–Trinajstić information content (AvgIpc) is 3.61. The second-order valence-electron chi connectivity index (χ2n) is 13.3. The van der Waals surface area contributed by atoms with E-state index in [0.29, 0.717) is 19.0 Å². The van der Waals surface area contributed by atoms with E-state index in [1.807, 2.05) is 46.3 Å². The Hall–Kier alpha value is -5.52. The minimum absolute atomic E-state index is 0.0178. The van der Waals surface area contributed by atoms with Gasteiger partial charge in [-0.2, -0.15) is 0 Å². The van der Waals surface area contributed by atoms with E-state index in [1.165, 1.54) is 5.56 Å². The maximum atomic E-state index is 13.7. The Kier molecular flexibility index (Phi) is 7.65. The second kappa shape index (κ2) is 12.2. The number of imide groups is 2. The molecule has 2 aromatic heterocycles. The Labute approximate surface area is 283 Å². The maximum Gasteiger partial charge on any atom is 0.324 e.